The van der Waals surface area contributed by atoms with Gasteiger partial charge >= 0.3 is 5.97 Å². The number of benzene rings is 1. The van der Waals surface area contributed by atoms with Crippen molar-refractivity contribution >= 4 is 5.97 Å². The van der Waals surface area contributed by atoms with Crippen LogP contribution in [-0.2, 0) is 9.53 Å². The Kier molecular flexibility index (Phi) is 3.82. The van der Waals surface area contributed by atoms with Crippen LogP contribution in [0.25, 0.3) is 11.3 Å². The van der Waals surface area contributed by atoms with Gasteiger partial charge in [-0.2, -0.15) is 5.10 Å². The maximum Gasteiger partial charge on any atom is 0.315 e. The Balaban J connectivity index is 1.91. The summed E-state index contributed by atoms with van der Waals surface area (Å²) in [6.45, 7) is 4.27. The molecule has 3 atom stereocenters. The van der Waals surface area contributed by atoms with Gasteiger partial charge in [-0.1, -0.05) is 19.9 Å². The molecule has 1 unspecified atom stereocenters. The van der Waals surface area contributed by atoms with Crippen molar-refractivity contribution in [3.63, 3.8) is 0 Å². The van der Waals surface area contributed by atoms with E-state index in [1.54, 1.807) is 6.07 Å². The minimum Gasteiger partial charge on any atom is -0.468 e. The zero-order valence-electron chi connectivity index (χ0n) is 14.9. The van der Waals surface area contributed by atoms with Crippen LogP contribution in [0.5, 0.6) is 0 Å². The molecule has 1 heterocycles. The second-order valence-electron chi connectivity index (χ2n) is 7.73. The van der Waals surface area contributed by atoms with Crippen LogP contribution in [-0.4, -0.2) is 23.3 Å². The third-order valence-corrected chi connectivity index (χ3v) is 6.22. The van der Waals surface area contributed by atoms with Gasteiger partial charge in [0.1, 0.15) is 17.6 Å². The lowest BCUT2D eigenvalue weighted by atomic mass is 9.62. The fraction of sp³-hybridized carbons (Fsp3) is 0.450. The Bertz CT molecular complexity index is 877. The zero-order chi connectivity index (χ0) is 18.6. The van der Waals surface area contributed by atoms with E-state index in [2.05, 4.69) is 24.0 Å². The largest absolute Gasteiger partial charge is 0.468 e. The molecule has 4 rings (SSSR count). The summed E-state index contributed by atoms with van der Waals surface area (Å²) in [5.41, 5.74) is 1.29. The van der Waals surface area contributed by atoms with Gasteiger partial charge in [-0.05, 0) is 53.9 Å². The van der Waals surface area contributed by atoms with Gasteiger partial charge in [0.25, 0.3) is 0 Å². The first-order chi connectivity index (χ1) is 12.4. The minimum atomic E-state index is -0.678. The molecule has 4 nitrogen and oxygen atoms in total. The Hall–Kier alpha value is -2.37. The summed E-state index contributed by atoms with van der Waals surface area (Å²) in [7, 11) is 1.37. The molecule has 1 saturated carbocycles. The van der Waals surface area contributed by atoms with Crippen LogP contribution >= 0.6 is 0 Å². The van der Waals surface area contributed by atoms with E-state index in [0.717, 1.165) is 18.4 Å². The number of nitrogens with zero attached hydrogens (tertiary/aromatic N) is 2. The normalized spacial score (nSPS) is 25.7. The summed E-state index contributed by atoms with van der Waals surface area (Å²) < 4.78 is 33.4. The summed E-state index contributed by atoms with van der Waals surface area (Å²) in [6.07, 6.45) is 1.79. The van der Waals surface area contributed by atoms with Crippen LogP contribution in [0.2, 0.25) is 0 Å². The summed E-state index contributed by atoms with van der Waals surface area (Å²) in [5, 5.41) is 8.31. The smallest absolute Gasteiger partial charge is 0.315 e. The number of hydrogen-bond acceptors (Lipinski definition) is 4. The fourth-order valence-corrected chi connectivity index (χ4v) is 4.90. The Morgan fingerprint density at radius 3 is 2.54 bits per heavy atom. The monoisotopic (exact) mass is 358 g/mol. The van der Waals surface area contributed by atoms with E-state index in [-0.39, 0.29) is 34.5 Å². The molecular formula is C20H20F2N2O2. The lowest BCUT2D eigenvalue weighted by Gasteiger charge is -2.42. The van der Waals surface area contributed by atoms with Gasteiger partial charge in [0.2, 0.25) is 0 Å². The average molecular weight is 358 g/mol. The predicted octanol–water partition coefficient (Wildman–Crippen LogP) is 4.21. The molecule has 2 aromatic rings. The van der Waals surface area contributed by atoms with Gasteiger partial charge in [0.05, 0.1) is 24.1 Å². The van der Waals surface area contributed by atoms with Gasteiger partial charge in [-0.3, -0.25) is 4.79 Å². The number of esters is 1. The number of fused-ring (bicyclic) bond motifs is 4. The molecule has 2 aliphatic carbocycles. The highest BCUT2D eigenvalue weighted by Crippen LogP contribution is 2.62. The molecule has 0 spiro atoms. The van der Waals surface area contributed by atoms with E-state index < -0.39 is 17.6 Å². The number of methoxy groups -OCH3 is 1. The molecule has 0 amide bonds. The summed E-state index contributed by atoms with van der Waals surface area (Å²) in [5.74, 6) is -1.88. The Labute approximate surface area is 150 Å². The molecule has 6 heteroatoms. The van der Waals surface area contributed by atoms with Gasteiger partial charge < -0.3 is 4.74 Å². The van der Waals surface area contributed by atoms with Crippen LogP contribution in [0.15, 0.2) is 24.3 Å². The van der Waals surface area contributed by atoms with Gasteiger partial charge in [0.15, 0.2) is 0 Å². The van der Waals surface area contributed by atoms with Crippen molar-refractivity contribution in [2.24, 2.45) is 11.3 Å². The topological polar surface area (TPSA) is 52.1 Å². The van der Waals surface area contributed by atoms with Crippen molar-refractivity contribution in [2.45, 2.75) is 38.5 Å². The van der Waals surface area contributed by atoms with Gasteiger partial charge in [0, 0.05) is 0 Å². The van der Waals surface area contributed by atoms with Crippen molar-refractivity contribution in [3.8, 4) is 11.3 Å². The molecule has 0 saturated heterocycles. The van der Waals surface area contributed by atoms with E-state index in [9.17, 15) is 13.6 Å². The summed E-state index contributed by atoms with van der Waals surface area (Å²) in [4.78, 5) is 12.5. The second kappa shape index (κ2) is 5.83. The first kappa shape index (κ1) is 17.1. The zero-order valence-corrected chi connectivity index (χ0v) is 14.9. The molecule has 0 N–H and O–H groups in total. The molecule has 136 valence electrons. The van der Waals surface area contributed by atoms with Gasteiger partial charge in [-0.25, -0.2) is 8.78 Å². The number of hydrogen-bond donors (Lipinski definition) is 0. The van der Waals surface area contributed by atoms with Crippen molar-refractivity contribution in [3.05, 3.63) is 47.2 Å². The van der Waals surface area contributed by atoms with E-state index >= 15 is 0 Å². The number of carbonyl (C=O) groups is 1. The van der Waals surface area contributed by atoms with E-state index in [1.165, 1.54) is 25.3 Å². The van der Waals surface area contributed by atoms with Crippen molar-refractivity contribution in [1.29, 1.82) is 0 Å². The fourth-order valence-electron chi connectivity index (χ4n) is 4.90. The SMILES string of the molecule is COC(=O)C1c2nnc(-c3c(F)cccc3F)cc2[C@@H]2CC[C@@H]1C2(C)C. The van der Waals surface area contributed by atoms with Crippen LogP contribution in [0.4, 0.5) is 8.78 Å². The molecule has 2 bridgehead atoms. The van der Waals surface area contributed by atoms with Crippen LogP contribution in [0.3, 0.4) is 0 Å². The Morgan fingerprint density at radius 2 is 1.88 bits per heavy atom. The lowest BCUT2D eigenvalue weighted by Crippen LogP contribution is -2.38. The molecule has 26 heavy (non-hydrogen) atoms. The number of carbonyl (C=O) groups excluding carboxylic acids is 1. The maximum absolute atomic E-state index is 14.2. The third-order valence-electron chi connectivity index (χ3n) is 6.22. The van der Waals surface area contributed by atoms with Crippen molar-refractivity contribution in [1.82, 2.24) is 10.2 Å². The molecule has 0 radical (unpaired) electrons. The standard InChI is InChI=1S/C20H20F2N2O2/c1-20(2)11-7-8-12(20)16(19(25)26-3)18-10(11)9-15(23-24-18)17-13(21)5-4-6-14(17)22/h4-6,9,11-12,16H,7-8H2,1-3H3/t11-,12-,16?/m0/s1. The molecule has 1 aromatic heterocycles. The Morgan fingerprint density at radius 1 is 1.19 bits per heavy atom. The first-order valence-corrected chi connectivity index (χ1v) is 8.76. The second-order valence-corrected chi connectivity index (χ2v) is 7.73. The van der Waals surface area contributed by atoms with E-state index in [1.807, 2.05) is 0 Å². The van der Waals surface area contributed by atoms with Crippen LogP contribution in [0, 0.1) is 23.0 Å². The first-order valence-electron chi connectivity index (χ1n) is 8.76. The minimum absolute atomic E-state index is 0.123. The van der Waals surface area contributed by atoms with Crippen LogP contribution in [0.1, 0.15) is 49.8 Å². The molecule has 2 aliphatic rings. The number of rotatable bonds is 2. The third kappa shape index (κ3) is 2.27. The molecular weight excluding hydrogens is 338 g/mol. The maximum atomic E-state index is 14.2. The van der Waals surface area contributed by atoms with Crippen molar-refractivity contribution < 1.29 is 18.3 Å². The predicted molar refractivity (Wildman–Crippen MR) is 91.4 cm³/mol. The highest BCUT2D eigenvalue weighted by molar-refractivity contribution is 5.80. The lowest BCUT2D eigenvalue weighted by molar-refractivity contribution is -0.145. The van der Waals surface area contributed by atoms with Gasteiger partial charge in [-0.15, -0.1) is 5.10 Å². The summed E-state index contributed by atoms with van der Waals surface area (Å²) in [6, 6.07) is 5.42. The molecule has 0 aliphatic heterocycles. The van der Waals surface area contributed by atoms with Crippen LogP contribution < -0.4 is 0 Å². The quantitative estimate of drug-likeness (QED) is 0.755. The van der Waals surface area contributed by atoms with Crippen molar-refractivity contribution in [2.75, 3.05) is 7.11 Å². The average Bonchev–Trinajstić information content (AvgIpc) is 2.79. The van der Waals surface area contributed by atoms with E-state index in [4.69, 9.17) is 4.74 Å². The van der Waals surface area contributed by atoms with E-state index in [0.29, 0.717) is 5.69 Å². The summed E-state index contributed by atoms with van der Waals surface area (Å²) >= 11 is 0. The molecule has 1 fully saturated rings. The highest BCUT2D eigenvalue weighted by atomic mass is 19.1. The molecule has 1 aromatic carbocycles. The highest BCUT2D eigenvalue weighted by Gasteiger charge is 2.55. The number of ether oxygens (including phenoxy) is 1. The number of aromatic nitrogens is 2. The number of halogens is 2.